The van der Waals surface area contributed by atoms with Crippen molar-refractivity contribution in [1.29, 1.82) is 0 Å². The second-order valence-corrected chi connectivity index (χ2v) is 8.24. The zero-order chi connectivity index (χ0) is 12.5. The molecule has 17 heavy (non-hydrogen) atoms. The van der Waals surface area contributed by atoms with Crippen LogP contribution in [-0.4, -0.2) is 26.5 Å². The Balaban J connectivity index is 2.33. The summed E-state index contributed by atoms with van der Waals surface area (Å²) < 4.78 is 17.5. The Hall–Kier alpha value is -0.790. The molecular formula is C13H20NO2P. The van der Waals surface area contributed by atoms with E-state index in [4.69, 9.17) is 10.5 Å². The van der Waals surface area contributed by atoms with Gasteiger partial charge in [0.1, 0.15) is 7.14 Å². The number of hydrogen-bond donors (Lipinski definition) is 1. The van der Waals surface area contributed by atoms with Crippen LogP contribution in [0.2, 0.25) is 0 Å². The summed E-state index contributed by atoms with van der Waals surface area (Å²) in [5, 5.41) is 0.821. The smallest absolute Gasteiger partial charge is 0.111 e. The van der Waals surface area contributed by atoms with Crippen molar-refractivity contribution in [3.05, 3.63) is 23.8 Å². The fourth-order valence-corrected chi connectivity index (χ4v) is 3.47. The molecule has 0 unspecified atom stereocenters. The lowest BCUT2D eigenvalue weighted by Gasteiger charge is -2.23. The quantitative estimate of drug-likeness (QED) is 0.650. The summed E-state index contributed by atoms with van der Waals surface area (Å²) in [6.07, 6.45) is 2.09. The van der Waals surface area contributed by atoms with E-state index in [1.54, 1.807) is 13.3 Å². The molecule has 1 aromatic carbocycles. The highest BCUT2D eigenvalue weighted by Crippen LogP contribution is 2.38. The van der Waals surface area contributed by atoms with E-state index < -0.39 is 7.14 Å². The van der Waals surface area contributed by atoms with Gasteiger partial charge >= 0.3 is 0 Å². The summed E-state index contributed by atoms with van der Waals surface area (Å²) in [5.74, 6) is 0.523. The molecule has 1 aliphatic heterocycles. The molecule has 0 saturated carbocycles. The van der Waals surface area contributed by atoms with Gasteiger partial charge in [0.25, 0.3) is 0 Å². The SMILES string of the molecule is CP(C)(=O)c1cc(C2CCOCC2)ccc1N. The molecule has 0 radical (unpaired) electrons. The number of nitrogen functional groups attached to an aromatic ring is 1. The van der Waals surface area contributed by atoms with E-state index in [-0.39, 0.29) is 0 Å². The van der Waals surface area contributed by atoms with Gasteiger partial charge in [-0.2, -0.15) is 0 Å². The molecule has 4 heteroatoms. The molecule has 94 valence electrons. The zero-order valence-corrected chi connectivity index (χ0v) is 11.4. The summed E-state index contributed by atoms with van der Waals surface area (Å²) in [6, 6.07) is 5.98. The van der Waals surface area contributed by atoms with E-state index in [1.165, 1.54) is 5.56 Å². The molecule has 2 rings (SSSR count). The molecule has 1 saturated heterocycles. The van der Waals surface area contributed by atoms with Gasteiger partial charge in [0.2, 0.25) is 0 Å². The van der Waals surface area contributed by atoms with Crippen molar-refractivity contribution < 1.29 is 9.30 Å². The topological polar surface area (TPSA) is 52.3 Å². The Labute approximate surface area is 103 Å². The van der Waals surface area contributed by atoms with Crippen LogP contribution in [0.4, 0.5) is 5.69 Å². The third-order valence-corrected chi connectivity index (χ3v) is 4.87. The Morgan fingerprint density at radius 2 is 1.94 bits per heavy atom. The van der Waals surface area contributed by atoms with Gasteiger partial charge in [0.05, 0.1) is 0 Å². The van der Waals surface area contributed by atoms with Crippen LogP contribution in [0.15, 0.2) is 18.2 Å². The molecule has 1 fully saturated rings. The van der Waals surface area contributed by atoms with E-state index >= 15 is 0 Å². The molecule has 1 heterocycles. The summed E-state index contributed by atoms with van der Waals surface area (Å²) in [7, 11) is -2.29. The van der Waals surface area contributed by atoms with Crippen molar-refractivity contribution in [3.8, 4) is 0 Å². The van der Waals surface area contributed by atoms with Crippen LogP contribution in [0.3, 0.4) is 0 Å². The second-order valence-electron chi connectivity index (χ2n) is 5.06. The highest BCUT2D eigenvalue weighted by atomic mass is 31.2. The third kappa shape index (κ3) is 2.91. The number of hydrogen-bond acceptors (Lipinski definition) is 3. The standard InChI is InChI=1S/C13H20NO2P/c1-17(2,15)13-9-11(3-4-12(13)14)10-5-7-16-8-6-10/h3-4,9-10H,5-8,14H2,1-2H3. The van der Waals surface area contributed by atoms with Crippen LogP contribution >= 0.6 is 7.14 Å². The van der Waals surface area contributed by atoms with Crippen molar-refractivity contribution in [2.45, 2.75) is 18.8 Å². The van der Waals surface area contributed by atoms with Gasteiger partial charge in [-0.3, -0.25) is 0 Å². The van der Waals surface area contributed by atoms with Crippen LogP contribution in [0.5, 0.6) is 0 Å². The van der Waals surface area contributed by atoms with E-state index in [9.17, 15) is 4.57 Å². The van der Waals surface area contributed by atoms with Gasteiger partial charge in [-0.05, 0) is 49.8 Å². The van der Waals surface area contributed by atoms with Crippen LogP contribution in [0, 0.1) is 0 Å². The van der Waals surface area contributed by atoms with Crippen molar-refractivity contribution in [1.82, 2.24) is 0 Å². The number of anilines is 1. The van der Waals surface area contributed by atoms with E-state index in [2.05, 4.69) is 6.07 Å². The fourth-order valence-electron chi connectivity index (χ4n) is 2.31. The van der Waals surface area contributed by atoms with Crippen molar-refractivity contribution in [2.75, 3.05) is 32.3 Å². The molecule has 0 aromatic heterocycles. The molecule has 1 aliphatic rings. The maximum Gasteiger partial charge on any atom is 0.111 e. The first-order valence-corrected chi connectivity index (χ1v) is 8.61. The minimum Gasteiger partial charge on any atom is -0.398 e. The first-order valence-electron chi connectivity index (χ1n) is 6.01. The Morgan fingerprint density at radius 3 is 2.53 bits per heavy atom. The third-order valence-electron chi connectivity index (χ3n) is 3.33. The van der Waals surface area contributed by atoms with Gasteiger partial charge in [-0.1, -0.05) is 6.07 Å². The van der Waals surface area contributed by atoms with Crippen molar-refractivity contribution in [3.63, 3.8) is 0 Å². The first-order chi connectivity index (χ1) is 7.98. The minimum atomic E-state index is -2.29. The summed E-state index contributed by atoms with van der Waals surface area (Å²) in [6.45, 7) is 5.18. The van der Waals surface area contributed by atoms with Gasteiger partial charge in [-0.25, -0.2) is 0 Å². The first kappa shape index (κ1) is 12.7. The fraction of sp³-hybridized carbons (Fsp3) is 0.538. The zero-order valence-electron chi connectivity index (χ0n) is 10.5. The van der Waals surface area contributed by atoms with Crippen LogP contribution < -0.4 is 11.0 Å². The van der Waals surface area contributed by atoms with Gasteiger partial charge in [0.15, 0.2) is 0 Å². The lowest BCUT2D eigenvalue weighted by atomic mass is 9.92. The summed E-state index contributed by atoms with van der Waals surface area (Å²) in [5.41, 5.74) is 7.81. The predicted octanol–water partition coefficient (Wildman–Crippen LogP) is 2.41. The molecule has 1 aromatic rings. The number of ether oxygens (including phenoxy) is 1. The molecule has 0 amide bonds. The lowest BCUT2D eigenvalue weighted by Crippen LogP contribution is -2.17. The Morgan fingerprint density at radius 1 is 1.29 bits per heavy atom. The number of rotatable bonds is 2. The average molecular weight is 253 g/mol. The number of benzene rings is 1. The maximum absolute atomic E-state index is 12.2. The van der Waals surface area contributed by atoms with Crippen molar-refractivity contribution in [2.24, 2.45) is 0 Å². The molecule has 0 atom stereocenters. The van der Waals surface area contributed by atoms with Crippen LogP contribution in [-0.2, 0) is 9.30 Å². The van der Waals surface area contributed by atoms with E-state index in [1.807, 2.05) is 12.1 Å². The Bertz CT molecular complexity index is 447. The van der Waals surface area contributed by atoms with Gasteiger partial charge < -0.3 is 15.0 Å². The molecule has 0 aliphatic carbocycles. The highest BCUT2D eigenvalue weighted by Gasteiger charge is 2.20. The largest absolute Gasteiger partial charge is 0.398 e. The Kier molecular flexibility index (Phi) is 3.60. The second kappa shape index (κ2) is 4.83. The van der Waals surface area contributed by atoms with Crippen LogP contribution in [0.1, 0.15) is 24.3 Å². The van der Waals surface area contributed by atoms with Crippen LogP contribution in [0.25, 0.3) is 0 Å². The molecule has 2 N–H and O–H groups in total. The molecular weight excluding hydrogens is 233 g/mol. The maximum atomic E-state index is 12.2. The molecule has 3 nitrogen and oxygen atoms in total. The van der Waals surface area contributed by atoms with E-state index in [0.29, 0.717) is 11.6 Å². The monoisotopic (exact) mass is 253 g/mol. The summed E-state index contributed by atoms with van der Waals surface area (Å²) >= 11 is 0. The average Bonchev–Trinajstić information content (AvgIpc) is 2.29. The van der Waals surface area contributed by atoms with Gasteiger partial charge in [0, 0.05) is 24.2 Å². The number of nitrogens with two attached hydrogens (primary N) is 1. The molecule has 0 bridgehead atoms. The lowest BCUT2D eigenvalue weighted by molar-refractivity contribution is 0.0853. The van der Waals surface area contributed by atoms with Gasteiger partial charge in [-0.15, -0.1) is 0 Å². The van der Waals surface area contributed by atoms with E-state index in [0.717, 1.165) is 31.4 Å². The molecule has 0 spiro atoms. The minimum absolute atomic E-state index is 0.523. The predicted molar refractivity (Wildman–Crippen MR) is 72.7 cm³/mol. The normalized spacial score (nSPS) is 18.2. The highest BCUT2D eigenvalue weighted by molar-refractivity contribution is 7.70. The summed E-state index contributed by atoms with van der Waals surface area (Å²) in [4.78, 5) is 0. The van der Waals surface area contributed by atoms with Crippen molar-refractivity contribution >= 4 is 18.1 Å².